The fourth-order valence-electron chi connectivity index (χ4n) is 7.79. The Kier molecular flexibility index (Phi) is 6.60. The molecule has 0 radical (unpaired) electrons. The van der Waals surface area contributed by atoms with Crippen LogP contribution < -0.4 is 0 Å². The Hall–Kier alpha value is -0.0800. The molecule has 3 rings (SSSR count). The van der Waals surface area contributed by atoms with Crippen molar-refractivity contribution in [2.75, 3.05) is 20.2 Å². The van der Waals surface area contributed by atoms with E-state index < -0.39 is 0 Å². The van der Waals surface area contributed by atoms with Gasteiger partial charge in [0.1, 0.15) is 0 Å². The Labute approximate surface area is 182 Å². The number of likely N-dealkylation sites (tertiary alicyclic amines) is 1. The van der Waals surface area contributed by atoms with Crippen LogP contribution in [-0.2, 0) is 4.74 Å². The van der Waals surface area contributed by atoms with Crippen LogP contribution in [0.4, 0.5) is 0 Å². The second-order valence-electron chi connectivity index (χ2n) is 13.8. The predicted octanol–water partition coefficient (Wildman–Crippen LogP) is 7.46. The van der Waals surface area contributed by atoms with E-state index in [1.807, 2.05) is 0 Å². The van der Waals surface area contributed by atoms with Crippen molar-refractivity contribution in [3.63, 3.8) is 0 Å². The normalized spacial score (nSPS) is 41.2. The smallest absolute Gasteiger partial charge is 0.0658 e. The van der Waals surface area contributed by atoms with E-state index in [2.05, 4.69) is 60.4 Å². The molecule has 0 N–H and O–H groups in total. The van der Waals surface area contributed by atoms with E-state index in [1.165, 1.54) is 77.2 Å². The van der Waals surface area contributed by atoms with Crippen molar-refractivity contribution in [2.24, 2.45) is 22.2 Å². The molecule has 0 aromatic carbocycles. The molecule has 1 saturated carbocycles. The van der Waals surface area contributed by atoms with Gasteiger partial charge in [0, 0.05) is 12.1 Å². The number of ether oxygens (including phenoxy) is 1. The Bertz CT molecular complexity index is 565. The molecule has 29 heavy (non-hydrogen) atoms. The molecule has 3 unspecified atom stereocenters. The van der Waals surface area contributed by atoms with Crippen molar-refractivity contribution in [1.29, 1.82) is 0 Å². The van der Waals surface area contributed by atoms with Gasteiger partial charge in [-0.25, -0.2) is 0 Å². The highest BCUT2D eigenvalue weighted by Crippen LogP contribution is 2.55. The maximum Gasteiger partial charge on any atom is 0.0658 e. The van der Waals surface area contributed by atoms with Crippen molar-refractivity contribution in [2.45, 2.75) is 130 Å². The molecule has 2 nitrogen and oxygen atoms in total. The fraction of sp³-hybridized carbons (Fsp3) is 1.00. The van der Waals surface area contributed by atoms with Gasteiger partial charge in [-0.3, -0.25) is 4.90 Å². The summed E-state index contributed by atoms with van der Waals surface area (Å²) in [6.45, 7) is 19.6. The van der Waals surface area contributed by atoms with Crippen LogP contribution in [0.3, 0.4) is 0 Å². The Morgan fingerprint density at radius 1 is 0.759 bits per heavy atom. The SMILES string of the molecule is CN1CC(C)(C2CCCCCCCC(C)(C)C2)CC(C)(C)CC12COC(C)(C)C2. The topological polar surface area (TPSA) is 12.5 Å². The van der Waals surface area contributed by atoms with Gasteiger partial charge < -0.3 is 4.74 Å². The highest BCUT2D eigenvalue weighted by Gasteiger charge is 2.55. The lowest BCUT2D eigenvalue weighted by atomic mass is 9.61. The van der Waals surface area contributed by atoms with Crippen molar-refractivity contribution in [3.05, 3.63) is 0 Å². The molecule has 0 aromatic heterocycles. The summed E-state index contributed by atoms with van der Waals surface area (Å²) in [7, 11) is 2.41. The molecule has 170 valence electrons. The Morgan fingerprint density at radius 2 is 1.41 bits per heavy atom. The zero-order valence-electron chi connectivity index (χ0n) is 21.1. The van der Waals surface area contributed by atoms with Gasteiger partial charge in [-0.2, -0.15) is 0 Å². The molecular weight excluding hydrogens is 354 g/mol. The third kappa shape index (κ3) is 5.59. The quantitative estimate of drug-likeness (QED) is 0.449. The van der Waals surface area contributed by atoms with Crippen molar-refractivity contribution in [1.82, 2.24) is 4.90 Å². The molecule has 0 bridgehead atoms. The first-order valence-electron chi connectivity index (χ1n) is 12.6. The molecule has 2 saturated heterocycles. The van der Waals surface area contributed by atoms with Crippen molar-refractivity contribution in [3.8, 4) is 0 Å². The van der Waals surface area contributed by atoms with E-state index in [4.69, 9.17) is 4.74 Å². The summed E-state index contributed by atoms with van der Waals surface area (Å²) in [6, 6.07) is 0. The maximum atomic E-state index is 6.32. The molecule has 3 atom stereocenters. The molecule has 3 aliphatic rings. The summed E-state index contributed by atoms with van der Waals surface area (Å²) in [5, 5.41) is 0. The number of rotatable bonds is 1. The molecule has 2 heteroatoms. The van der Waals surface area contributed by atoms with E-state index in [1.54, 1.807) is 0 Å². The summed E-state index contributed by atoms with van der Waals surface area (Å²) in [5.41, 5.74) is 1.48. The minimum Gasteiger partial charge on any atom is -0.374 e. The van der Waals surface area contributed by atoms with E-state index >= 15 is 0 Å². The molecule has 3 fully saturated rings. The summed E-state index contributed by atoms with van der Waals surface area (Å²) in [5.74, 6) is 0.836. The van der Waals surface area contributed by atoms with Crippen molar-refractivity contribution >= 4 is 0 Å². The van der Waals surface area contributed by atoms with Crippen LogP contribution in [0.1, 0.15) is 119 Å². The standard InChI is InChI=1S/C27H51NO/c1-23(2)15-13-11-9-10-12-14-22(16-23)26(7)17-24(3,4)18-27(28(8)20-26)19-25(5,6)29-21-27/h22H,9-21H2,1-8H3. The van der Waals surface area contributed by atoms with Gasteiger partial charge in [-0.05, 0) is 81.6 Å². The second-order valence-corrected chi connectivity index (χ2v) is 13.8. The Balaban J connectivity index is 1.88. The molecule has 2 aliphatic heterocycles. The lowest BCUT2D eigenvalue weighted by Crippen LogP contribution is -2.51. The third-order valence-corrected chi connectivity index (χ3v) is 8.78. The molecule has 1 aliphatic carbocycles. The molecule has 0 amide bonds. The van der Waals surface area contributed by atoms with Crippen LogP contribution in [0.2, 0.25) is 0 Å². The maximum absolute atomic E-state index is 6.32. The second kappa shape index (κ2) is 8.12. The van der Waals surface area contributed by atoms with E-state index in [-0.39, 0.29) is 11.1 Å². The zero-order chi connectivity index (χ0) is 21.6. The van der Waals surface area contributed by atoms with Gasteiger partial charge >= 0.3 is 0 Å². The third-order valence-electron chi connectivity index (χ3n) is 8.78. The van der Waals surface area contributed by atoms with Crippen LogP contribution in [-0.4, -0.2) is 36.2 Å². The average Bonchev–Trinajstić information content (AvgIpc) is 2.83. The van der Waals surface area contributed by atoms with Gasteiger partial charge in [-0.1, -0.05) is 66.7 Å². The van der Waals surface area contributed by atoms with Crippen molar-refractivity contribution < 1.29 is 4.74 Å². The molecular formula is C27H51NO. The van der Waals surface area contributed by atoms with Crippen LogP contribution >= 0.6 is 0 Å². The van der Waals surface area contributed by atoms with Gasteiger partial charge in [0.15, 0.2) is 0 Å². The summed E-state index contributed by atoms with van der Waals surface area (Å²) in [6.07, 6.45) is 15.2. The lowest BCUT2D eigenvalue weighted by Gasteiger charge is -2.46. The minimum absolute atomic E-state index is 0.0173. The zero-order valence-corrected chi connectivity index (χ0v) is 21.1. The van der Waals surface area contributed by atoms with Crippen LogP contribution in [0.5, 0.6) is 0 Å². The minimum atomic E-state index is 0.0173. The Morgan fingerprint density at radius 3 is 2.07 bits per heavy atom. The summed E-state index contributed by atoms with van der Waals surface area (Å²) < 4.78 is 6.32. The van der Waals surface area contributed by atoms with E-state index in [0.717, 1.165) is 12.5 Å². The highest BCUT2D eigenvalue weighted by atomic mass is 16.5. The molecule has 1 spiro atoms. The summed E-state index contributed by atoms with van der Waals surface area (Å²) >= 11 is 0. The molecule has 0 aromatic rings. The van der Waals surface area contributed by atoms with Gasteiger partial charge in [-0.15, -0.1) is 0 Å². The van der Waals surface area contributed by atoms with Crippen LogP contribution in [0, 0.1) is 22.2 Å². The number of hydrogen-bond acceptors (Lipinski definition) is 2. The predicted molar refractivity (Wildman–Crippen MR) is 125 cm³/mol. The monoisotopic (exact) mass is 405 g/mol. The first-order valence-corrected chi connectivity index (χ1v) is 12.6. The fourth-order valence-corrected chi connectivity index (χ4v) is 7.79. The molecule has 2 heterocycles. The highest BCUT2D eigenvalue weighted by molar-refractivity contribution is 5.08. The first-order chi connectivity index (χ1) is 13.3. The first kappa shape index (κ1) is 23.6. The summed E-state index contributed by atoms with van der Waals surface area (Å²) in [4.78, 5) is 2.75. The van der Waals surface area contributed by atoms with E-state index in [9.17, 15) is 0 Å². The van der Waals surface area contributed by atoms with Gasteiger partial charge in [0.25, 0.3) is 0 Å². The number of likely N-dealkylation sites (N-methyl/N-ethyl adjacent to an activating group) is 1. The van der Waals surface area contributed by atoms with E-state index in [0.29, 0.717) is 16.2 Å². The van der Waals surface area contributed by atoms with Gasteiger partial charge in [0.2, 0.25) is 0 Å². The van der Waals surface area contributed by atoms with Crippen LogP contribution in [0.15, 0.2) is 0 Å². The lowest BCUT2D eigenvalue weighted by molar-refractivity contribution is 0.0140. The van der Waals surface area contributed by atoms with Gasteiger partial charge in [0.05, 0.1) is 12.2 Å². The number of hydrogen-bond donors (Lipinski definition) is 0. The van der Waals surface area contributed by atoms with Crippen LogP contribution in [0.25, 0.3) is 0 Å². The average molecular weight is 406 g/mol. The number of nitrogens with zero attached hydrogens (tertiary/aromatic N) is 1. The largest absolute Gasteiger partial charge is 0.374 e.